The summed E-state index contributed by atoms with van der Waals surface area (Å²) in [7, 11) is 0. The molecule has 1 saturated heterocycles. The molecule has 2 heterocycles. The third-order valence-corrected chi connectivity index (χ3v) is 3.34. The molecule has 0 atom stereocenters. The van der Waals surface area contributed by atoms with Gasteiger partial charge in [0.1, 0.15) is 5.69 Å². The van der Waals surface area contributed by atoms with E-state index < -0.39 is 0 Å². The molecule has 104 valence electrons. The fourth-order valence-electron chi connectivity index (χ4n) is 2.08. The lowest BCUT2D eigenvalue weighted by atomic mass is 10.0. The van der Waals surface area contributed by atoms with Crippen molar-refractivity contribution in [3.63, 3.8) is 0 Å². The normalized spacial score (nSPS) is 17.2. The van der Waals surface area contributed by atoms with Crippen LogP contribution in [0.25, 0.3) is 0 Å². The molecule has 1 amide bonds. The molecule has 6 heteroatoms. The van der Waals surface area contributed by atoms with Gasteiger partial charge < -0.3 is 10.1 Å². The molecule has 1 aliphatic rings. The number of amides is 1. The highest BCUT2D eigenvalue weighted by molar-refractivity contribution is 5.91. The molecule has 0 aromatic carbocycles. The van der Waals surface area contributed by atoms with Crippen molar-refractivity contribution in [2.24, 2.45) is 0 Å². The number of rotatable bonds is 4. The molecule has 0 unspecified atom stereocenters. The number of aromatic nitrogens is 2. The highest BCUT2D eigenvalue weighted by Crippen LogP contribution is 2.15. The third-order valence-electron chi connectivity index (χ3n) is 3.34. The summed E-state index contributed by atoms with van der Waals surface area (Å²) in [5.41, 5.74) is 0.252. The Kier molecular flexibility index (Phi) is 4.44. The first kappa shape index (κ1) is 13.9. The zero-order valence-electron chi connectivity index (χ0n) is 11.4. The second-order valence-corrected chi connectivity index (χ2v) is 5.19. The van der Waals surface area contributed by atoms with Crippen molar-refractivity contribution in [1.82, 2.24) is 20.2 Å². The van der Waals surface area contributed by atoms with Crippen molar-refractivity contribution >= 4 is 5.91 Å². The van der Waals surface area contributed by atoms with Gasteiger partial charge in [0.05, 0.1) is 19.4 Å². The first-order valence-corrected chi connectivity index (χ1v) is 6.46. The van der Waals surface area contributed by atoms with E-state index in [4.69, 9.17) is 4.74 Å². The lowest BCUT2D eigenvalue weighted by Gasteiger charge is -2.40. The van der Waals surface area contributed by atoms with Crippen LogP contribution in [0.2, 0.25) is 0 Å². The molecule has 0 bridgehead atoms. The van der Waals surface area contributed by atoms with E-state index in [1.165, 1.54) is 12.4 Å². The van der Waals surface area contributed by atoms with E-state index in [1.807, 2.05) is 0 Å². The van der Waals surface area contributed by atoms with Gasteiger partial charge in [-0.1, -0.05) is 0 Å². The second-order valence-electron chi connectivity index (χ2n) is 5.19. The minimum Gasteiger partial charge on any atom is -0.379 e. The van der Waals surface area contributed by atoms with E-state index in [1.54, 1.807) is 6.20 Å². The molecule has 6 nitrogen and oxygen atoms in total. The van der Waals surface area contributed by atoms with E-state index >= 15 is 0 Å². The van der Waals surface area contributed by atoms with Crippen molar-refractivity contribution < 1.29 is 9.53 Å². The summed E-state index contributed by atoms with van der Waals surface area (Å²) in [5, 5.41) is 2.91. The molecule has 0 radical (unpaired) electrons. The maximum Gasteiger partial charge on any atom is 0.271 e. The topological polar surface area (TPSA) is 67.4 Å². The van der Waals surface area contributed by atoms with E-state index in [-0.39, 0.29) is 11.4 Å². The highest BCUT2D eigenvalue weighted by Gasteiger charge is 2.28. The zero-order valence-corrected chi connectivity index (χ0v) is 11.4. The summed E-state index contributed by atoms with van der Waals surface area (Å²) in [4.78, 5) is 22.1. The van der Waals surface area contributed by atoms with E-state index in [0.717, 1.165) is 26.3 Å². The molecule has 0 aliphatic carbocycles. The average molecular weight is 264 g/mol. The Labute approximate surface area is 113 Å². The monoisotopic (exact) mass is 264 g/mol. The Morgan fingerprint density at radius 3 is 2.79 bits per heavy atom. The maximum absolute atomic E-state index is 11.9. The van der Waals surface area contributed by atoms with Gasteiger partial charge in [-0.25, -0.2) is 4.98 Å². The summed E-state index contributed by atoms with van der Waals surface area (Å²) in [6, 6.07) is 0. The van der Waals surface area contributed by atoms with Crippen LogP contribution in [0.15, 0.2) is 18.6 Å². The Hall–Kier alpha value is -1.53. The molecule has 1 aromatic rings. The van der Waals surface area contributed by atoms with Gasteiger partial charge in [0.15, 0.2) is 0 Å². The number of hydrogen-bond acceptors (Lipinski definition) is 5. The van der Waals surface area contributed by atoms with Crippen LogP contribution < -0.4 is 5.32 Å². The Morgan fingerprint density at radius 2 is 2.16 bits per heavy atom. The number of nitrogens with zero attached hydrogens (tertiary/aromatic N) is 3. The minimum absolute atomic E-state index is 0.0956. The first-order valence-electron chi connectivity index (χ1n) is 6.46. The van der Waals surface area contributed by atoms with Crippen molar-refractivity contribution in [1.29, 1.82) is 0 Å². The first-order chi connectivity index (χ1) is 9.09. The number of carbonyl (C=O) groups excluding carboxylic acids is 1. The molecule has 0 spiro atoms. The smallest absolute Gasteiger partial charge is 0.271 e. The van der Waals surface area contributed by atoms with Crippen LogP contribution in [0.3, 0.4) is 0 Å². The summed E-state index contributed by atoms with van der Waals surface area (Å²) < 4.78 is 5.34. The highest BCUT2D eigenvalue weighted by atomic mass is 16.5. The zero-order chi connectivity index (χ0) is 13.7. The van der Waals surface area contributed by atoms with Crippen LogP contribution in [0.4, 0.5) is 0 Å². The van der Waals surface area contributed by atoms with E-state index in [2.05, 4.69) is 34.0 Å². The molecular weight excluding hydrogens is 244 g/mol. The number of ether oxygens (including phenoxy) is 1. The quantitative estimate of drug-likeness (QED) is 0.848. The molecule has 0 saturated carbocycles. The van der Waals surface area contributed by atoms with Crippen LogP contribution >= 0.6 is 0 Å². The molecule has 2 rings (SSSR count). The Morgan fingerprint density at radius 1 is 1.42 bits per heavy atom. The number of carbonyl (C=O) groups is 1. The van der Waals surface area contributed by atoms with Crippen LogP contribution in [-0.4, -0.2) is 59.2 Å². The summed E-state index contributed by atoms with van der Waals surface area (Å²) in [6.45, 7) is 8.11. The van der Waals surface area contributed by atoms with Gasteiger partial charge in [0.25, 0.3) is 5.91 Å². The van der Waals surface area contributed by atoms with Crippen molar-refractivity contribution in [3.05, 3.63) is 24.3 Å². The van der Waals surface area contributed by atoms with Gasteiger partial charge in [-0.05, 0) is 13.8 Å². The summed E-state index contributed by atoms with van der Waals surface area (Å²) >= 11 is 0. The second kappa shape index (κ2) is 6.08. The van der Waals surface area contributed by atoms with Crippen molar-refractivity contribution in [2.75, 3.05) is 32.8 Å². The molecule has 1 N–H and O–H groups in total. The van der Waals surface area contributed by atoms with Gasteiger partial charge in [-0.3, -0.25) is 14.7 Å². The lowest BCUT2D eigenvalue weighted by Crippen LogP contribution is -2.55. The lowest BCUT2D eigenvalue weighted by molar-refractivity contribution is -0.00924. The predicted octanol–water partition coefficient (Wildman–Crippen LogP) is 0.317. The Bertz CT molecular complexity index is 416. The Balaban J connectivity index is 1.88. The number of hydrogen-bond donors (Lipinski definition) is 1. The van der Waals surface area contributed by atoms with Gasteiger partial charge in [-0.15, -0.1) is 0 Å². The van der Waals surface area contributed by atoms with Gasteiger partial charge >= 0.3 is 0 Å². The van der Waals surface area contributed by atoms with Crippen LogP contribution in [0.5, 0.6) is 0 Å². The molecule has 1 fully saturated rings. The fraction of sp³-hybridized carbons (Fsp3) is 0.615. The summed E-state index contributed by atoms with van der Waals surface area (Å²) in [6.07, 6.45) is 4.54. The van der Waals surface area contributed by atoms with Crippen LogP contribution in [0.1, 0.15) is 24.3 Å². The van der Waals surface area contributed by atoms with Crippen LogP contribution in [0, 0.1) is 0 Å². The van der Waals surface area contributed by atoms with Crippen LogP contribution in [-0.2, 0) is 4.74 Å². The third kappa shape index (κ3) is 3.71. The van der Waals surface area contributed by atoms with Crippen molar-refractivity contribution in [3.8, 4) is 0 Å². The van der Waals surface area contributed by atoms with Crippen molar-refractivity contribution in [2.45, 2.75) is 19.4 Å². The predicted molar refractivity (Wildman–Crippen MR) is 70.8 cm³/mol. The average Bonchev–Trinajstić information content (AvgIpc) is 2.47. The fourth-order valence-corrected chi connectivity index (χ4v) is 2.08. The van der Waals surface area contributed by atoms with Gasteiger partial charge in [0, 0.05) is 37.6 Å². The summed E-state index contributed by atoms with van der Waals surface area (Å²) in [5.74, 6) is -0.186. The number of nitrogens with one attached hydrogen (secondary N) is 1. The van der Waals surface area contributed by atoms with Gasteiger partial charge in [0.2, 0.25) is 0 Å². The van der Waals surface area contributed by atoms with Gasteiger partial charge in [-0.2, -0.15) is 0 Å². The standard InChI is InChI=1S/C13H20N4O2/c1-13(2,17-5-7-19-8-6-17)10-16-12(18)11-9-14-3-4-15-11/h3-4,9H,5-8,10H2,1-2H3,(H,16,18). The SMILES string of the molecule is CC(C)(CNC(=O)c1cnccn1)N1CCOCC1. The number of morpholine rings is 1. The molecule has 19 heavy (non-hydrogen) atoms. The molecule has 1 aliphatic heterocycles. The molecule has 1 aromatic heterocycles. The van der Waals surface area contributed by atoms with E-state index in [0.29, 0.717) is 12.2 Å². The van der Waals surface area contributed by atoms with E-state index in [9.17, 15) is 4.79 Å². The molecular formula is C13H20N4O2. The largest absolute Gasteiger partial charge is 0.379 e. The maximum atomic E-state index is 11.9. The minimum atomic E-state index is -0.186.